The van der Waals surface area contributed by atoms with E-state index < -0.39 is 0 Å². The molecule has 1 aliphatic rings. The van der Waals surface area contributed by atoms with Gasteiger partial charge in [0, 0.05) is 49.1 Å². The molecule has 0 spiro atoms. The van der Waals surface area contributed by atoms with Crippen LogP contribution in [0.3, 0.4) is 0 Å². The van der Waals surface area contributed by atoms with Crippen LogP contribution in [0.25, 0.3) is 89.2 Å². The smallest absolute Gasteiger partial charge is 0.135 e. The highest BCUT2D eigenvalue weighted by Crippen LogP contribution is 2.40. The van der Waals surface area contributed by atoms with Crippen molar-refractivity contribution in [3.05, 3.63) is 144 Å². The van der Waals surface area contributed by atoms with E-state index in [4.69, 9.17) is 4.42 Å². The highest BCUT2D eigenvalue weighted by molar-refractivity contribution is 6.15. The largest absolute Gasteiger partial charge is 0.456 e. The summed E-state index contributed by atoms with van der Waals surface area (Å²) in [7, 11) is 0. The summed E-state index contributed by atoms with van der Waals surface area (Å²) in [6.07, 6.45) is 6.63. The Balaban J connectivity index is 1.29. The fourth-order valence-corrected chi connectivity index (χ4v) is 7.58. The topological polar surface area (TPSA) is 23.0 Å². The molecule has 0 saturated carbocycles. The van der Waals surface area contributed by atoms with E-state index in [0.717, 1.165) is 35.2 Å². The molecule has 0 unspecified atom stereocenters. The first-order valence-corrected chi connectivity index (χ1v) is 15.7. The van der Waals surface area contributed by atoms with E-state index in [1.165, 1.54) is 65.3 Å². The van der Waals surface area contributed by atoms with Crippen molar-refractivity contribution in [2.24, 2.45) is 0 Å². The number of fused-ring (bicyclic) bond motifs is 9. The van der Waals surface area contributed by atoms with Crippen LogP contribution >= 0.6 is 0 Å². The zero-order chi connectivity index (χ0) is 29.5. The minimum atomic E-state index is 0.949. The first kappa shape index (κ1) is 24.6. The van der Waals surface area contributed by atoms with Gasteiger partial charge >= 0.3 is 0 Å². The van der Waals surface area contributed by atoms with Gasteiger partial charge in [-0.3, -0.25) is 0 Å². The SMILES string of the molecule is C1=c2oc3ccc(-c4cccc5c6cc(-n7c8ccccc8c8ccccc87)ccc6n(-c6ccccc6)c45)cc3c2=CCC1. The summed E-state index contributed by atoms with van der Waals surface area (Å²) in [6, 6.07) is 48.5. The van der Waals surface area contributed by atoms with Crippen LogP contribution in [0.1, 0.15) is 12.8 Å². The summed E-state index contributed by atoms with van der Waals surface area (Å²) in [5.74, 6) is 0. The Morgan fingerprint density at radius 1 is 0.467 bits per heavy atom. The first-order valence-electron chi connectivity index (χ1n) is 15.7. The fourth-order valence-electron chi connectivity index (χ4n) is 7.58. The molecule has 0 saturated heterocycles. The third-order valence-electron chi connectivity index (χ3n) is 9.53. The average Bonchev–Trinajstić information content (AvgIpc) is 3.76. The lowest BCUT2D eigenvalue weighted by Gasteiger charge is -2.12. The molecule has 9 aromatic rings. The molecule has 3 heterocycles. The Bertz CT molecular complexity index is 2700. The molecule has 212 valence electrons. The van der Waals surface area contributed by atoms with E-state index in [-0.39, 0.29) is 0 Å². The molecule has 0 amide bonds. The van der Waals surface area contributed by atoms with E-state index >= 15 is 0 Å². The highest BCUT2D eigenvalue weighted by Gasteiger charge is 2.19. The van der Waals surface area contributed by atoms with Crippen LogP contribution in [0.4, 0.5) is 0 Å². The number of nitrogens with zero attached hydrogens (tertiary/aromatic N) is 2. The second-order valence-corrected chi connectivity index (χ2v) is 12.0. The van der Waals surface area contributed by atoms with E-state index in [1.54, 1.807) is 0 Å². The van der Waals surface area contributed by atoms with Gasteiger partial charge in [0.15, 0.2) is 0 Å². The minimum absolute atomic E-state index is 0.949. The van der Waals surface area contributed by atoms with Crippen molar-refractivity contribution in [1.29, 1.82) is 0 Å². The first-order chi connectivity index (χ1) is 22.3. The van der Waals surface area contributed by atoms with Gasteiger partial charge in [-0.2, -0.15) is 0 Å². The fraction of sp³-hybridized carbons (Fsp3) is 0.0476. The van der Waals surface area contributed by atoms with Crippen molar-refractivity contribution in [3.63, 3.8) is 0 Å². The normalized spacial score (nSPS) is 13.1. The minimum Gasteiger partial charge on any atom is -0.456 e. The summed E-state index contributed by atoms with van der Waals surface area (Å²) in [5.41, 5.74) is 11.5. The molecule has 1 aliphatic carbocycles. The molecule has 6 aromatic carbocycles. The second-order valence-electron chi connectivity index (χ2n) is 12.0. The molecule has 0 bridgehead atoms. The van der Waals surface area contributed by atoms with Gasteiger partial charge in [-0.15, -0.1) is 0 Å². The molecule has 0 aliphatic heterocycles. The van der Waals surface area contributed by atoms with Crippen molar-refractivity contribution in [3.8, 4) is 22.5 Å². The predicted molar refractivity (Wildman–Crippen MR) is 188 cm³/mol. The summed E-state index contributed by atoms with van der Waals surface area (Å²) in [6.45, 7) is 0. The van der Waals surface area contributed by atoms with Crippen LogP contribution in [0, 0.1) is 0 Å². The van der Waals surface area contributed by atoms with Crippen LogP contribution in [0.5, 0.6) is 0 Å². The Morgan fingerprint density at radius 2 is 1.18 bits per heavy atom. The summed E-state index contributed by atoms with van der Waals surface area (Å²) >= 11 is 0. The number of hydrogen-bond donors (Lipinski definition) is 0. The number of para-hydroxylation sites is 4. The van der Waals surface area contributed by atoms with Gasteiger partial charge in [0.25, 0.3) is 0 Å². The molecule has 45 heavy (non-hydrogen) atoms. The maximum Gasteiger partial charge on any atom is 0.135 e. The molecule has 0 radical (unpaired) electrons. The number of benzene rings is 6. The van der Waals surface area contributed by atoms with Gasteiger partial charge < -0.3 is 13.6 Å². The molecule has 0 fully saturated rings. The van der Waals surface area contributed by atoms with Crippen molar-refractivity contribution < 1.29 is 4.42 Å². The molecule has 0 N–H and O–H groups in total. The lowest BCUT2D eigenvalue weighted by atomic mass is 9.99. The Kier molecular flexibility index (Phi) is 5.11. The van der Waals surface area contributed by atoms with Gasteiger partial charge in [-0.1, -0.05) is 84.9 Å². The van der Waals surface area contributed by atoms with E-state index in [1.807, 2.05) is 0 Å². The van der Waals surface area contributed by atoms with Crippen LogP contribution in [-0.4, -0.2) is 9.13 Å². The molecule has 0 atom stereocenters. The number of furan rings is 1. The van der Waals surface area contributed by atoms with Gasteiger partial charge in [0.05, 0.1) is 22.1 Å². The van der Waals surface area contributed by atoms with Crippen LogP contribution in [0.2, 0.25) is 0 Å². The Morgan fingerprint density at radius 3 is 2.00 bits per heavy atom. The molecular weight excluding hydrogens is 548 g/mol. The van der Waals surface area contributed by atoms with Gasteiger partial charge in [-0.05, 0) is 79.1 Å². The maximum absolute atomic E-state index is 6.23. The number of rotatable bonds is 3. The lowest BCUT2D eigenvalue weighted by Crippen LogP contribution is -2.22. The van der Waals surface area contributed by atoms with Crippen LogP contribution in [0.15, 0.2) is 138 Å². The average molecular weight is 577 g/mol. The third kappa shape index (κ3) is 3.52. The monoisotopic (exact) mass is 576 g/mol. The summed E-state index contributed by atoms with van der Waals surface area (Å²) < 4.78 is 11.1. The highest BCUT2D eigenvalue weighted by atomic mass is 16.3. The quantitative estimate of drug-likeness (QED) is 0.205. The van der Waals surface area contributed by atoms with E-state index in [0.29, 0.717) is 0 Å². The second kappa shape index (κ2) is 9.35. The molecular formula is C42H28N2O. The Labute approximate surface area is 259 Å². The number of aromatic nitrogens is 2. The van der Waals surface area contributed by atoms with E-state index in [9.17, 15) is 0 Å². The van der Waals surface area contributed by atoms with E-state index in [2.05, 4.69) is 155 Å². The van der Waals surface area contributed by atoms with Crippen molar-refractivity contribution in [2.45, 2.75) is 12.8 Å². The zero-order valence-corrected chi connectivity index (χ0v) is 24.6. The molecule has 3 nitrogen and oxygen atoms in total. The lowest BCUT2D eigenvalue weighted by molar-refractivity contribution is 0.572. The van der Waals surface area contributed by atoms with Crippen molar-refractivity contribution in [1.82, 2.24) is 9.13 Å². The van der Waals surface area contributed by atoms with Crippen molar-refractivity contribution in [2.75, 3.05) is 0 Å². The number of hydrogen-bond acceptors (Lipinski definition) is 1. The predicted octanol–water partition coefficient (Wildman–Crippen LogP) is 9.65. The maximum atomic E-state index is 6.23. The zero-order valence-electron chi connectivity index (χ0n) is 24.6. The van der Waals surface area contributed by atoms with Gasteiger partial charge in [0.1, 0.15) is 11.0 Å². The standard InChI is InChI=1S/C42H28N2O/c1-2-11-28(12-3-1)44-39-23-22-29(43-37-18-7-4-13-31(37)32-14-5-8-19-38(32)43)26-35(39)34-17-10-16-30(42(34)44)27-21-24-41-36(25-27)33-15-6-9-20-40(33)45-41/h1-5,7-8,10-26H,6,9H2. The van der Waals surface area contributed by atoms with Crippen molar-refractivity contribution >= 4 is 66.7 Å². The summed E-state index contributed by atoms with van der Waals surface area (Å²) in [4.78, 5) is 0. The molecule has 3 heteroatoms. The van der Waals surface area contributed by atoms with Crippen LogP contribution < -0.4 is 10.6 Å². The summed E-state index contributed by atoms with van der Waals surface area (Å²) in [5, 5.41) is 7.43. The molecule has 10 rings (SSSR count). The third-order valence-corrected chi connectivity index (χ3v) is 9.53. The van der Waals surface area contributed by atoms with Gasteiger partial charge in [0.2, 0.25) is 0 Å². The van der Waals surface area contributed by atoms with Gasteiger partial charge in [-0.25, -0.2) is 0 Å². The molecule has 3 aromatic heterocycles. The Hall–Kier alpha value is -5.80. The van der Waals surface area contributed by atoms with Crippen LogP contribution in [-0.2, 0) is 0 Å².